The normalized spacial score (nSPS) is 31.8. The Kier molecular flexibility index (Phi) is 6.50. The molecular weight excluding hydrogens is 220 g/mol. The molecule has 0 aromatic heterocycles. The van der Waals surface area contributed by atoms with Crippen molar-refractivity contribution >= 4 is 0 Å². The SMILES string of the molecule is CCNC1CCCCC1CN1CCCCCCC1. The van der Waals surface area contributed by atoms with Gasteiger partial charge in [0.25, 0.3) is 0 Å². The molecule has 2 unspecified atom stereocenters. The number of nitrogens with one attached hydrogen (secondary N) is 1. The second-order valence-electron chi connectivity index (χ2n) is 6.28. The van der Waals surface area contributed by atoms with Gasteiger partial charge in [0.15, 0.2) is 0 Å². The Morgan fingerprint density at radius 2 is 1.56 bits per heavy atom. The predicted octanol–water partition coefficient (Wildman–Crippen LogP) is 3.42. The monoisotopic (exact) mass is 252 g/mol. The summed E-state index contributed by atoms with van der Waals surface area (Å²) < 4.78 is 0. The van der Waals surface area contributed by atoms with E-state index in [1.807, 2.05) is 0 Å². The van der Waals surface area contributed by atoms with Crippen LogP contribution in [0.4, 0.5) is 0 Å². The van der Waals surface area contributed by atoms with Crippen molar-refractivity contribution in [3.8, 4) is 0 Å². The van der Waals surface area contributed by atoms with E-state index >= 15 is 0 Å². The van der Waals surface area contributed by atoms with Crippen LogP contribution >= 0.6 is 0 Å². The summed E-state index contributed by atoms with van der Waals surface area (Å²) in [4.78, 5) is 2.76. The molecule has 1 saturated heterocycles. The molecular formula is C16H32N2. The second kappa shape index (κ2) is 8.16. The first-order valence-electron chi connectivity index (χ1n) is 8.36. The van der Waals surface area contributed by atoms with Crippen molar-refractivity contribution in [2.24, 2.45) is 5.92 Å². The van der Waals surface area contributed by atoms with Gasteiger partial charge in [0.1, 0.15) is 0 Å². The standard InChI is InChI=1S/C16H32N2/c1-2-17-16-11-7-6-10-15(16)14-18-12-8-4-3-5-9-13-18/h15-17H,2-14H2,1H3. The highest BCUT2D eigenvalue weighted by Gasteiger charge is 2.26. The van der Waals surface area contributed by atoms with Gasteiger partial charge in [0, 0.05) is 12.6 Å². The molecule has 1 saturated carbocycles. The lowest BCUT2D eigenvalue weighted by atomic mass is 9.84. The molecule has 1 aliphatic carbocycles. The number of likely N-dealkylation sites (tertiary alicyclic amines) is 1. The number of hydrogen-bond acceptors (Lipinski definition) is 2. The number of hydrogen-bond donors (Lipinski definition) is 1. The Bertz CT molecular complexity index is 207. The van der Waals surface area contributed by atoms with Crippen LogP contribution in [0, 0.1) is 5.92 Å². The van der Waals surface area contributed by atoms with Crippen molar-refractivity contribution in [3.05, 3.63) is 0 Å². The third kappa shape index (κ3) is 4.55. The fourth-order valence-electron chi connectivity index (χ4n) is 3.78. The molecule has 0 aromatic rings. The molecule has 2 nitrogen and oxygen atoms in total. The number of rotatable bonds is 4. The van der Waals surface area contributed by atoms with Gasteiger partial charge in [-0.1, -0.05) is 39.0 Å². The first kappa shape index (κ1) is 14.3. The van der Waals surface area contributed by atoms with Crippen LogP contribution in [0.25, 0.3) is 0 Å². The van der Waals surface area contributed by atoms with Crippen molar-refractivity contribution in [2.75, 3.05) is 26.2 Å². The molecule has 2 atom stereocenters. The minimum absolute atomic E-state index is 0.800. The fraction of sp³-hybridized carbons (Fsp3) is 1.00. The van der Waals surface area contributed by atoms with E-state index in [9.17, 15) is 0 Å². The molecule has 18 heavy (non-hydrogen) atoms. The van der Waals surface area contributed by atoms with E-state index in [1.54, 1.807) is 0 Å². The summed E-state index contributed by atoms with van der Waals surface area (Å²) in [7, 11) is 0. The van der Waals surface area contributed by atoms with Gasteiger partial charge < -0.3 is 10.2 Å². The van der Waals surface area contributed by atoms with E-state index < -0.39 is 0 Å². The van der Waals surface area contributed by atoms with Gasteiger partial charge in [-0.3, -0.25) is 0 Å². The molecule has 0 spiro atoms. The lowest BCUT2D eigenvalue weighted by Crippen LogP contribution is -2.44. The third-order valence-electron chi connectivity index (χ3n) is 4.82. The van der Waals surface area contributed by atoms with Crippen LogP contribution in [0.3, 0.4) is 0 Å². The predicted molar refractivity (Wildman–Crippen MR) is 78.9 cm³/mol. The van der Waals surface area contributed by atoms with Crippen LogP contribution in [0.1, 0.15) is 64.7 Å². The average Bonchev–Trinajstić information content (AvgIpc) is 2.35. The Morgan fingerprint density at radius 1 is 0.889 bits per heavy atom. The van der Waals surface area contributed by atoms with E-state index in [-0.39, 0.29) is 0 Å². The third-order valence-corrected chi connectivity index (χ3v) is 4.82. The van der Waals surface area contributed by atoms with Crippen LogP contribution in [0.2, 0.25) is 0 Å². The molecule has 0 bridgehead atoms. The molecule has 1 heterocycles. The average molecular weight is 252 g/mol. The largest absolute Gasteiger partial charge is 0.314 e. The van der Waals surface area contributed by atoms with Gasteiger partial charge >= 0.3 is 0 Å². The molecule has 0 aromatic carbocycles. The van der Waals surface area contributed by atoms with Gasteiger partial charge in [-0.2, -0.15) is 0 Å². The summed E-state index contributed by atoms with van der Waals surface area (Å²) in [5.74, 6) is 0.915. The molecule has 2 rings (SSSR count). The van der Waals surface area contributed by atoms with Crippen LogP contribution in [0.5, 0.6) is 0 Å². The van der Waals surface area contributed by atoms with Crippen molar-refractivity contribution in [1.82, 2.24) is 10.2 Å². The lowest BCUT2D eigenvalue weighted by Gasteiger charge is -2.36. The minimum atomic E-state index is 0.800. The van der Waals surface area contributed by atoms with Crippen molar-refractivity contribution in [2.45, 2.75) is 70.8 Å². The Morgan fingerprint density at radius 3 is 2.28 bits per heavy atom. The van der Waals surface area contributed by atoms with Gasteiger partial charge in [-0.25, -0.2) is 0 Å². The maximum atomic E-state index is 3.73. The second-order valence-corrected chi connectivity index (χ2v) is 6.28. The van der Waals surface area contributed by atoms with Gasteiger partial charge in [0.2, 0.25) is 0 Å². The van der Waals surface area contributed by atoms with E-state index in [4.69, 9.17) is 0 Å². The summed E-state index contributed by atoms with van der Waals surface area (Å²) in [6.45, 7) is 7.46. The highest BCUT2D eigenvalue weighted by Crippen LogP contribution is 2.26. The zero-order valence-corrected chi connectivity index (χ0v) is 12.3. The molecule has 2 fully saturated rings. The van der Waals surface area contributed by atoms with E-state index in [1.165, 1.54) is 77.4 Å². The summed E-state index contributed by atoms with van der Waals surface area (Å²) >= 11 is 0. The molecule has 2 heteroatoms. The summed E-state index contributed by atoms with van der Waals surface area (Å²) in [6.07, 6.45) is 13.0. The van der Waals surface area contributed by atoms with Crippen molar-refractivity contribution in [3.63, 3.8) is 0 Å². The topological polar surface area (TPSA) is 15.3 Å². The highest BCUT2D eigenvalue weighted by atomic mass is 15.1. The maximum absolute atomic E-state index is 3.73. The Labute approximate surface area is 114 Å². The summed E-state index contributed by atoms with van der Waals surface area (Å²) in [5, 5.41) is 3.73. The maximum Gasteiger partial charge on any atom is 0.0107 e. The summed E-state index contributed by atoms with van der Waals surface area (Å²) in [5.41, 5.74) is 0. The molecule has 2 aliphatic rings. The Balaban J connectivity index is 1.80. The lowest BCUT2D eigenvalue weighted by molar-refractivity contribution is 0.159. The summed E-state index contributed by atoms with van der Waals surface area (Å²) in [6, 6.07) is 0.800. The fourth-order valence-corrected chi connectivity index (χ4v) is 3.78. The van der Waals surface area contributed by atoms with Crippen LogP contribution in [-0.4, -0.2) is 37.1 Å². The van der Waals surface area contributed by atoms with Gasteiger partial charge in [0.05, 0.1) is 0 Å². The highest BCUT2D eigenvalue weighted by molar-refractivity contribution is 4.83. The van der Waals surface area contributed by atoms with Crippen LogP contribution in [-0.2, 0) is 0 Å². The van der Waals surface area contributed by atoms with Crippen LogP contribution < -0.4 is 5.32 Å². The molecule has 0 radical (unpaired) electrons. The van der Waals surface area contributed by atoms with E-state index in [2.05, 4.69) is 17.1 Å². The smallest absolute Gasteiger partial charge is 0.0107 e. The van der Waals surface area contributed by atoms with Gasteiger partial charge in [-0.15, -0.1) is 0 Å². The van der Waals surface area contributed by atoms with E-state index in [0.29, 0.717) is 0 Å². The van der Waals surface area contributed by atoms with Crippen molar-refractivity contribution in [1.29, 1.82) is 0 Å². The molecule has 1 aliphatic heterocycles. The quantitative estimate of drug-likeness (QED) is 0.825. The molecule has 0 amide bonds. The first-order valence-corrected chi connectivity index (χ1v) is 8.36. The zero-order valence-electron chi connectivity index (χ0n) is 12.3. The first-order chi connectivity index (χ1) is 8.90. The van der Waals surface area contributed by atoms with Crippen LogP contribution in [0.15, 0.2) is 0 Å². The van der Waals surface area contributed by atoms with Crippen molar-refractivity contribution < 1.29 is 0 Å². The zero-order chi connectivity index (χ0) is 12.6. The number of nitrogens with zero attached hydrogens (tertiary/aromatic N) is 1. The molecule has 106 valence electrons. The Hall–Kier alpha value is -0.0800. The minimum Gasteiger partial charge on any atom is -0.314 e. The van der Waals surface area contributed by atoms with Gasteiger partial charge in [-0.05, 0) is 51.2 Å². The molecule has 1 N–H and O–H groups in total. The van der Waals surface area contributed by atoms with E-state index in [0.717, 1.165) is 18.5 Å².